The van der Waals surface area contributed by atoms with E-state index < -0.39 is 0 Å². The molecule has 2 aliphatic rings. The number of carbonyl (C=O) groups excluding carboxylic acids is 1. The summed E-state index contributed by atoms with van der Waals surface area (Å²) in [6.07, 6.45) is 4.29. The Labute approximate surface area is 152 Å². The highest BCUT2D eigenvalue weighted by molar-refractivity contribution is 5.83. The van der Waals surface area contributed by atoms with Gasteiger partial charge in [0.15, 0.2) is 5.82 Å². The second-order valence-electron chi connectivity index (χ2n) is 7.00. The third-order valence-electron chi connectivity index (χ3n) is 5.24. The lowest BCUT2D eigenvalue weighted by atomic mass is 10.2. The van der Waals surface area contributed by atoms with Gasteiger partial charge in [-0.15, -0.1) is 0 Å². The van der Waals surface area contributed by atoms with E-state index in [-0.39, 0.29) is 11.7 Å². The predicted octanol–water partition coefficient (Wildman–Crippen LogP) is 2.54. The Bertz CT molecular complexity index is 815. The number of nitrogens with zero attached hydrogens (tertiary/aromatic N) is 4. The molecule has 0 aliphatic carbocycles. The van der Waals surface area contributed by atoms with Gasteiger partial charge in [0.1, 0.15) is 5.65 Å². The van der Waals surface area contributed by atoms with Crippen LogP contribution in [-0.4, -0.2) is 53.2 Å². The fourth-order valence-corrected chi connectivity index (χ4v) is 3.63. The molecule has 0 aromatic carbocycles. The number of aromatic nitrogens is 2. The van der Waals surface area contributed by atoms with Gasteiger partial charge in [0, 0.05) is 32.8 Å². The van der Waals surface area contributed by atoms with Gasteiger partial charge < -0.3 is 19.1 Å². The van der Waals surface area contributed by atoms with E-state index in [0.29, 0.717) is 56.0 Å². The number of anilines is 1. The monoisotopic (exact) mass is 360 g/mol. The molecule has 1 fully saturated rings. The topological polar surface area (TPSA) is 50.6 Å². The van der Waals surface area contributed by atoms with E-state index in [1.54, 1.807) is 4.90 Å². The van der Waals surface area contributed by atoms with Crippen molar-refractivity contribution in [3.63, 3.8) is 0 Å². The molecule has 0 bridgehead atoms. The summed E-state index contributed by atoms with van der Waals surface area (Å²) in [6.45, 7) is 6.60. The molecular formula is C19H25FN4O2. The normalized spacial score (nSPS) is 16.7. The van der Waals surface area contributed by atoms with Crippen molar-refractivity contribution in [3.05, 3.63) is 23.8 Å². The van der Waals surface area contributed by atoms with Crippen LogP contribution < -0.4 is 4.90 Å². The largest absolute Gasteiger partial charge is 0.381 e. The molecule has 4 rings (SSSR count). The van der Waals surface area contributed by atoms with Gasteiger partial charge >= 0.3 is 0 Å². The van der Waals surface area contributed by atoms with Crippen LogP contribution in [0.3, 0.4) is 0 Å². The maximum absolute atomic E-state index is 15.0. The molecule has 2 aliphatic heterocycles. The average Bonchev–Trinajstić information content (AvgIpc) is 2.89. The molecule has 0 spiro atoms. The van der Waals surface area contributed by atoms with Crippen LogP contribution in [0, 0.1) is 5.82 Å². The third-order valence-corrected chi connectivity index (χ3v) is 5.24. The summed E-state index contributed by atoms with van der Waals surface area (Å²) in [5.74, 6) is -0.221. The molecule has 2 aromatic rings. The van der Waals surface area contributed by atoms with E-state index in [1.807, 2.05) is 23.8 Å². The van der Waals surface area contributed by atoms with Gasteiger partial charge in [-0.3, -0.25) is 4.79 Å². The van der Waals surface area contributed by atoms with Crippen molar-refractivity contribution < 1.29 is 13.9 Å². The molecule has 140 valence electrons. The first-order chi connectivity index (χ1) is 12.7. The third kappa shape index (κ3) is 3.05. The fourth-order valence-electron chi connectivity index (χ4n) is 3.63. The average molecular weight is 360 g/mol. The van der Waals surface area contributed by atoms with Crippen molar-refractivity contribution in [2.75, 3.05) is 37.7 Å². The van der Waals surface area contributed by atoms with E-state index in [9.17, 15) is 4.79 Å². The summed E-state index contributed by atoms with van der Waals surface area (Å²) in [4.78, 5) is 20.8. The van der Waals surface area contributed by atoms with E-state index >= 15 is 4.39 Å². The van der Waals surface area contributed by atoms with Crippen molar-refractivity contribution in [2.24, 2.45) is 0 Å². The van der Waals surface area contributed by atoms with Crippen LogP contribution >= 0.6 is 0 Å². The van der Waals surface area contributed by atoms with Gasteiger partial charge in [-0.2, -0.15) is 0 Å². The Hall–Kier alpha value is -2.15. The minimum Gasteiger partial charge on any atom is -0.381 e. The molecule has 0 N–H and O–H groups in total. The summed E-state index contributed by atoms with van der Waals surface area (Å²) >= 11 is 0. The van der Waals surface area contributed by atoms with Crippen LogP contribution in [0.15, 0.2) is 12.3 Å². The van der Waals surface area contributed by atoms with Crippen LogP contribution in [0.25, 0.3) is 11.0 Å². The molecule has 0 saturated carbocycles. The Balaban J connectivity index is 1.52. The highest BCUT2D eigenvalue weighted by Crippen LogP contribution is 2.31. The summed E-state index contributed by atoms with van der Waals surface area (Å²) in [5.41, 5.74) is 2.22. The smallest absolute Gasteiger partial charge is 0.225 e. The maximum atomic E-state index is 15.0. The molecule has 0 atom stereocenters. The highest BCUT2D eigenvalue weighted by Gasteiger charge is 2.28. The quantitative estimate of drug-likeness (QED) is 0.743. The van der Waals surface area contributed by atoms with E-state index in [1.165, 1.54) is 6.42 Å². The minimum atomic E-state index is -0.241. The second kappa shape index (κ2) is 7.23. The number of hydrogen-bond acceptors (Lipinski definition) is 4. The number of rotatable bonds is 6. The molecular weight excluding hydrogens is 335 g/mol. The van der Waals surface area contributed by atoms with Crippen molar-refractivity contribution in [2.45, 2.75) is 39.3 Å². The first kappa shape index (κ1) is 17.3. The van der Waals surface area contributed by atoms with Crippen molar-refractivity contribution in [1.29, 1.82) is 0 Å². The van der Waals surface area contributed by atoms with Crippen molar-refractivity contribution in [3.8, 4) is 0 Å². The first-order valence-electron chi connectivity index (χ1n) is 9.46. The van der Waals surface area contributed by atoms with Gasteiger partial charge in [-0.05, 0) is 18.9 Å². The highest BCUT2D eigenvalue weighted by atomic mass is 19.1. The summed E-state index contributed by atoms with van der Waals surface area (Å²) in [7, 11) is 0. The number of ether oxygens (including phenoxy) is 1. The number of hydrogen-bond donors (Lipinski definition) is 0. The predicted molar refractivity (Wildman–Crippen MR) is 97.7 cm³/mol. The van der Waals surface area contributed by atoms with Gasteiger partial charge in [0.05, 0.1) is 42.5 Å². The number of pyridine rings is 1. The number of carbonyl (C=O) groups is 1. The summed E-state index contributed by atoms with van der Waals surface area (Å²) in [6, 6.07) is 1.90. The fraction of sp³-hybridized carbons (Fsp3) is 0.579. The van der Waals surface area contributed by atoms with Gasteiger partial charge in [-0.1, -0.05) is 6.92 Å². The molecule has 7 heteroatoms. The molecule has 0 unspecified atom stereocenters. The van der Waals surface area contributed by atoms with Crippen molar-refractivity contribution >= 4 is 22.6 Å². The van der Waals surface area contributed by atoms with Crippen LogP contribution in [0.2, 0.25) is 0 Å². The SMILES string of the molecule is CCCOCCC(=O)N1CCn2c(c(F)c3cc(N4CCC4)cnc32)C1. The number of halogens is 1. The van der Waals surface area contributed by atoms with E-state index in [2.05, 4.69) is 9.88 Å². The van der Waals surface area contributed by atoms with Gasteiger partial charge in [-0.25, -0.2) is 9.37 Å². The lowest BCUT2D eigenvalue weighted by Crippen LogP contribution is -2.38. The number of amides is 1. The van der Waals surface area contributed by atoms with Crippen molar-refractivity contribution in [1.82, 2.24) is 14.5 Å². The molecule has 1 amide bonds. The zero-order valence-corrected chi connectivity index (χ0v) is 15.2. The van der Waals surface area contributed by atoms with Crippen LogP contribution in [0.4, 0.5) is 10.1 Å². The first-order valence-corrected chi connectivity index (χ1v) is 9.46. The standard InChI is InChI=1S/C19H25FN4O2/c1-2-9-26-10-4-17(25)23-7-8-24-16(13-23)18(20)15-11-14(12-21-19(15)24)22-5-3-6-22/h11-12H,2-10,13H2,1H3. The summed E-state index contributed by atoms with van der Waals surface area (Å²) < 4.78 is 22.3. The van der Waals surface area contributed by atoms with Crippen LogP contribution in [0.1, 0.15) is 31.9 Å². The molecule has 1 saturated heterocycles. The Morgan fingerprint density at radius 1 is 1.27 bits per heavy atom. The zero-order chi connectivity index (χ0) is 18.1. The van der Waals surface area contributed by atoms with Gasteiger partial charge in [0.25, 0.3) is 0 Å². The van der Waals surface area contributed by atoms with Crippen LogP contribution in [-0.2, 0) is 22.6 Å². The Kier molecular flexibility index (Phi) is 4.80. The zero-order valence-electron chi connectivity index (χ0n) is 15.2. The minimum absolute atomic E-state index is 0.0197. The van der Waals surface area contributed by atoms with Gasteiger partial charge in [0.2, 0.25) is 5.91 Å². The molecule has 0 radical (unpaired) electrons. The maximum Gasteiger partial charge on any atom is 0.225 e. The second-order valence-corrected chi connectivity index (χ2v) is 7.00. The molecule has 4 heterocycles. The number of fused-ring (bicyclic) bond motifs is 3. The van der Waals surface area contributed by atoms with Crippen LogP contribution in [0.5, 0.6) is 0 Å². The molecule has 26 heavy (non-hydrogen) atoms. The Morgan fingerprint density at radius 2 is 2.12 bits per heavy atom. The summed E-state index contributed by atoms with van der Waals surface area (Å²) in [5, 5.41) is 0.560. The van der Waals surface area contributed by atoms with E-state index in [0.717, 1.165) is 25.2 Å². The Morgan fingerprint density at radius 3 is 2.85 bits per heavy atom. The molecule has 6 nitrogen and oxygen atoms in total. The molecule has 2 aromatic heterocycles. The lowest BCUT2D eigenvalue weighted by molar-refractivity contribution is -0.133. The van der Waals surface area contributed by atoms with E-state index in [4.69, 9.17) is 4.74 Å². The lowest BCUT2D eigenvalue weighted by Gasteiger charge is -2.32.